The van der Waals surface area contributed by atoms with E-state index in [0.29, 0.717) is 26.2 Å². The lowest BCUT2D eigenvalue weighted by molar-refractivity contribution is 0.0671. The molecule has 6 heteroatoms. The summed E-state index contributed by atoms with van der Waals surface area (Å²) in [6.07, 6.45) is 0. The van der Waals surface area contributed by atoms with Gasteiger partial charge in [-0.2, -0.15) is 0 Å². The molecule has 2 heterocycles. The van der Waals surface area contributed by atoms with Crippen molar-refractivity contribution >= 4 is 17.6 Å². The first-order chi connectivity index (χ1) is 15.0. The van der Waals surface area contributed by atoms with Gasteiger partial charge < -0.3 is 19.7 Å². The van der Waals surface area contributed by atoms with Crippen molar-refractivity contribution in [2.45, 2.75) is 20.4 Å². The summed E-state index contributed by atoms with van der Waals surface area (Å²) in [5, 5.41) is 2.91. The number of para-hydroxylation sites is 1. The van der Waals surface area contributed by atoms with Gasteiger partial charge in [0.05, 0.1) is 5.56 Å². The molecule has 3 amide bonds. The number of carbonyl (C=O) groups excluding carboxylic acids is 2. The molecule has 4 rings (SSSR count). The summed E-state index contributed by atoms with van der Waals surface area (Å²) in [5.41, 5.74) is 4.79. The number of urea groups is 1. The lowest BCUT2D eigenvalue weighted by Gasteiger charge is -2.34. The number of hydrogen-bond donors (Lipinski definition) is 1. The van der Waals surface area contributed by atoms with Crippen molar-refractivity contribution in [2.75, 3.05) is 31.5 Å². The Labute approximate surface area is 183 Å². The number of aromatic nitrogens is 1. The van der Waals surface area contributed by atoms with Crippen molar-refractivity contribution < 1.29 is 9.59 Å². The van der Waals surface area contributed by atoms with Gasteiger partial charge in [0, 0.05) is 49.8 Å². The fourth-order valence-electron chi connectivity index (χ4n) is 4.03. The minimum absolute atomic E-state index is 0.0375. The third kappa shape index (κ3) is 4.63. The minimum Gasteiger partial charge on any atom is -0.344 e. The van der Waals surface area contributed by atoms with Crippen molar-refractivity contribution in [1.29, 1.82) is 0 Å². The average Bonchev–Trinajstić information content (AvgIpc) is 3.08. The highest BCUT2D eigenvalue weighted by Crippen LogP contribution is 2.20. The van der Waals surface area contributed by atoms with Gasteiger partial charge in [-0.15, -0.1) is 0 Å². The first-order valence-corrected chi connectivity index (χ1v) is 10.6. The van der Waals surface area contributed by atoms with Crippen LogP contribution in [0.15, 0.2) is 66.7 Å². The molecule has 2 aromatic carbocycles. The molecule has 31 heavy (non-hydrogen) atoms. The van der Waals surface area contributed by atoms with E-state index in [-0.39, 0.29) is 11.9 Å². The standard InChI is InChI=1S/C25H28N4O2/c1-19-17-23(20(2)29(19)18-21-9-5-3-6-10-21)24(30)27-13-15-28(16-14-27)25(31)26-22-11-7-4-8-12-22/h3-12,17H,13-16,18H2,1-2H3,(H,26,31). The van der Waals surface area contributed by atoms with Crippen LogP contribution in [0.25, 0.3) is 0 Å². The van der Waals surface area contributed by atoms with Crippen LogP contribution in [0.5, 0.6) is 0 Å². The second-order valence-corrected chi connectivity index (χ2v) is 7.93. The fourth-order valence-corrected chi connectivity index (χ4v) is 4.03. The Morgan fingerprint density at radius 3 is 2.06 bits per heavy atom. The number of carbonyl (C=O) groups is 2. The lowest BCUT2D eigenvalue weighted by atomic mass is 10.2. The van der Waals surface area contributed by atoms with Gasteiger partial charge in [-0.05, 0) is 37.6 Å². The van der Waals surface area contributed by atoms with Crippen LogP contribution >= 0.6 is 0 Å². The smallest absolute Gasteiger partial charge is 0.321 e. The Morgan fingerprint density at radius 1 is 0.839 bits per heavy atom. The fraction of sp³-hybridized carbons (Fsp3) is 0.280. The van der Waals surface area contributed by atoms with E-state index in [1.807, 2.05) is 73.3 Å². The number of nitrogens with zero attached hydrogens (tertiary/aromatic N) is 3. The molecule has 3 aromatic rings. The summed E-state index contributed by atoms with van der Waals surface area (Å²) in [4.78, 5) is 29.3. The monoisotopic (exact) mass is 416 g/mol. The Balaban J connectivity index is 1.39. The van der Waals surface area contributed by atoms with Crippen LogP contribution in [0, 0.1) is 13.8 Å². The maximum absolute atomic E-state index is 13.2. The van der Waals surface area contributed by atoms with E-state index < -0.39 is 0 Å². The van der Waals surface area contributed by atoms with Gasteiger partial charge in [-0.3, -0.25) is 4.79 Å². The topological polar surface area (TPSA) is 57.6 Å². The molecule has 0 radical (unpaired) electrons. The van der Waals surface area contributed by atoms with E-state index in [9.17, 15) is 9.59 Å². The van der Waals surface area contributed by atoms with Crippen molar-refractivity contribution in [1.82, 2.24) is 14.4 Å². The second-order valence-electron chi connectivity index (χ2n) is 7.93. The molecule has 0 saturated carbocycles. The van der Waals surface area contributed by atoms with Gasteiger partial charge in [0.15, 0.2) is 0 Å². The molecular weight excluding hydrogens is 388 g/mol. The highest BCUT2D eigenvalue weighted by atomic mass is 16.2. The van der Waals surface area contributed by atoms with E-state index in [2.05, 4.69) is 22.0 Å². The number of piperazine rings is 1. The molecule has 1 aliphatic heterocycles. The van der Waals surface area contributed by atoms with Gasteiger partial charge in [0.2, 0.25) is 0 Å². The molecule has 0 bridgehead atoms. The molecule has 1 saturated heterocycles. The normalized spacial score (nSPS) is 13.9. The highest BCUT2D eigenvalue weighted by Gasteiger charge is 2.27. The molecule has 160 valence electrons. The second kappa shape index (κ2) is 9.08. The SMILES string of the molecule is Cc1cc(C(=O)N2CCN(C(=O)Nc3ccccc3)CC2)c(C)n1Cc1ccccc1. The van der Waals surface area contributed by atoms with Gasteiger partial charge in [0.1, 0.15) is 0 Å². The average molecular weight is 417 g/mol. The molecule has 1 N–H and O–H groups in total. The third-order valence-corrected chi connectivity index (χ3v) is 5.87. The highest BCUT2D eigenvalue weighted by molar-refractivity contribution is 5.96. The molecule has 1 fully saturated rings. The molecule has 1 aliphatic rings. The predicted molar refractivity (Wildman–Crippen MR) is 122 cm³/mol. The predicted octanol–water partition coefficient (Wildman–Crippen LogP) is 4.14. The molecule has 0 unspecified atom stereocenters. The van der Waals surface area contributed by atoms with E-state index in [0.717, 1.165) is 29.2 Å². The quantitative estimate of drug-likeness (QED) is 0.695. The van der Waals surface area contributed by atoms with Crippen LogP contribution in [0.2, 0.25) is 0 Å². The summed E-state index contributed by atoms with van der Waals surface area (Å²) in [6.45, 7) is 6.90. The molecule has 6 nitrogen and oxygen atoms in total. The maximum Gasteiger partial charge on any atom is 0.321 e. The minimum atomic E-state index is -0.126. The van der Waals surface area contributed by atoms with Gasteiger partial charge in [0.25, 0.3) is 5.91 Å². The number of amides is 3. The summed E-state index contributed by atoms with van der Waals surface area (Å²) in [5.74, 6) is 0.0375. The number of benzene rings is 2. The van der Waals surface area contributed by atoms with E-state index in [1.54, 1.807) is 4.90 Å². The van der Waals surface area contributed by atoms with Gasteiger partial charge >= 0.3 is 6.03 Å². The Kier molecular flexibility index (Phi) is 6.07. The molecule has 0 atom stereocenters. The van der Waals surface area contributed by atoms with E-state index in [1.165, 1.54) is 5.56 Å². The first kappa shape index (κ1) is 20.7. The Hall–Kier alpha value is -3.54. The molecule has 1 aromatic heterocycles. The zero-order chi connectivity index (χ0) is 21.8. The van der Waals surface area contributed by atoms with Crippen molar-refractivity contribution in [2.24, 2.45) is 0 Å². The zero-order valence-electron chi connectivity index (χ0n) is 18.0. The van der Waals surface area contributed by atoms with Crippen LogP contribution in [-0.4, -0.2) is 52.5 Å². The Morgan fingerprint density at radius 2 is 1.42 bits per heavy atom. The Bertz CT molecular complexity index is 1050. The van der Waals surface area contributed by atoms with E-state index in [4.69, 9.17) is 0 Å². The van der Waals surface area contributed by atoms with E-state index >= 15 is 0 Å². The van der Waals surface area contributed by atoms with Crippen LogP contribution in [0.4, 0.5) is 10.5 Å². The zero-order valence-corrected chi connectivity index (χ0v) is 18.0. The third-order valence-electron chi connectivity index (χ3n) is 5.87. The van der Waals surface area contributed by atoms with Crippen molar-refractivity contribution in [3.63, 3.8) is 0 Å². The van der Waals surface area contributed by atoms with Crippen LogP contribution in [0.3, 0.4) is 0 Å². The largest absolute Gasteiger partial charge is 0.344 e. The summed E-state index contributed by atoms with van der Waals surface area (Å²) in [6, 6.07) is 21.5. The van der Waals surface area contributed by atoms with Crippen molar-refractivity contribution in [3.05, 3.63) is 89.2 Å². The van der Waals surface area contributed by atoms with Gasteiger partial charge in [-0.25, -0.2) is 4.79 Å². The van der Waals surface area contributed by atoms with Gasteiger partial charge in [-0.1, -0.05) is 48.5 Å². The number of aryl methyl sites for hydroxylation is 1. The molecule has 0 spiro atoms. The summed E-state index contributed by atoms with van der Waals surface area (Å²) >= 11 is 0. The summed E-state index contributed by atoms with van der Waals surface area (Å²) in [7, 11) is 0. The molecule has 0 aliphatic carbocycles. The van der Waals surface area contributed by atoms with Crippen molar-refractivity contribution in [3.8, 4) is 0 Å². The summed E-state index contributed by atoms with van der Waals surface area (Å²) < 4.78 is 2.19. The van der Waals surface area contributed by atoms with Crippen LogP contribution in [0.1, 0.15) is 27.3 Å². The maximum atomic E-state index is 13.2. The number of nitrogens with one attached hydrogen (secondary N) is 1. The number of hydrogen-bond acceptors (Lipinski definition) is 2. The van der Waals surface area contributed by atoms with Crippen LogP contribution < -0.4 is 5.32 Å². The lowest BCUT2D eigenvalue weighted by Crippen LogP contribution is -2.51. The molecular formula is C25H28N4O2. The van der Waals surface area contributed by atoms with Crippen LogP contribution in [-0.2, 0) is 6.54 Å². The first-order valence-electron chi connectivity index (χ1n) is 10.6. The number of rotatable bonds is 4. The number of anilines is 1.